The fourth-order valence-electron chi connectivity index (χ4n) is 3.53. The third-order valence-corrected chi connectivity index (χ3v) is 5.72. The molecule has 0 spiro atoms. The maximum atomic E-state index is 12.0. The van der Waals surface area contributed by atoms with Gasteiger partial charge in [-0.3, -0.25) is 14.9 Å². The summed E-state index contributed by atoms with van der Waals surface area (Å²) in [6, 6.07) is 7.43. The fraction of sp³-hybridized carbons (Fsp3) is 0.227. The summed E-state index contributed by atoms with van der Waals surface area (Å²) < 4.78 is 1.71. The highest BCUT2D eigenvalue weighted by atomic mass is 35.5. The lowest BCUT2D eigenvalue weighted by Crippen LogP contribution is -2.19. The molecule has 1 saturated heterocycles. The zero-order valence-electron chi connectivity index (χ0n) is 17.1. The van der Waals surface area contributed by atoms with Gasteiger partial charge in [-0.15, -0.1) is 0 Å². The number of hydrogen-bond acceptors (Lipinski definition) is 7. The Labute approximate surface area is 188 Å². The highest BCUT2D eigenvalue weighted by molar-refractivity contribution is 6.33. The largest absolute Gasteiger partial charge is 0.367 e. The van der Waals surface area contributed by atoms with Crippen molar-refractivity contribution >= 4 is 52.5 Å². The van der Waals surface area contributed by atoms with Crippen LogP contribution in [0.4, 0.5) is 17.3 Å². The number of nitrogens with zero attached hydrogens (tertiary/aromatic N) is 4. The van der Waals surface area contributed by atoms with E-state index in [0.29, 0.717) is 44.9 Å². The van der Waals surface area contributed by atoms with Crippen molar-refractivity contribution in [1.82, 2.24) is 19.9 Å². The van der Waals surface area contributed by atoms with Crippen LogP contribution in [-0.4, -0.2) is 32.5 Å². The number of benzene rings is 1. The Bertz CT molecular complexity index is 1360. The molecule has 3 aromatic rings. The number of imide groups is 1. The first-order chi connectivity index (χ1) is 15.4. The van der Waals surface area contributed by atoms with Gasteiger partial charge in [-0.1, -0.05) is 11.6 Å². The average molecular weight is 448 g/mol. The van der Waals surface area contributed by atoms with Crippen LogP contribution in [0.2, 0.25) is 5.02 Å². The van der Waals surface area contributed by atoms with Gasteiger partial charge in [0.1, 0.15) is 11.6 Å². The van der Waals surface area contributed by atoms with E-state index >= 15 is 0 Å². The maximum Gasteiger partial charge on any atom is 0.254 e. The summed E-state index contributed by atoms with van der Waals surface area (Å²) in [5, 5.41) is 23.0. The molecule has 3 N–H and O–H groups in total. The first kappa shape index (κ1) is 20.0. The van der Waals surface area contributed by atoms with E-state index in [1.165, 1.54) is 0 Å². The molecular weight excluding hydrogens is 430 g/mol. The van der Waals surface area contributed by atoms with Crippen LogP contribution in [0.3, 0.4) is 0 Å². The minimum Gasteiger partial charge on any atom is -0.367 e. The predicted molar refractivity (Wildman–Crippen MR) is 120 cm³/mol. The molecule has 10 heteroatoms. The van der Waals surface area contributed by atoms with Crippen molar-refractivity contribution in [2.75, 3.05) is 10.6 Å². The van der Waals surface area contributed by atoms with Gasteiger partial charge in [0.25, 0.3) is 5.91 Å². The van der Waals surface area contributed by atoms with E-state index in [2.05, 4.69) is 27.1 Å². The number of aromatic nitrogens is 3. The molecule has 9 nitrogen and oxygen atoms in total. The summed E-state index contributed by atoms with van der Waals surface area (Å²) >= 11 is 6.36. The van der Waals surface area contributed by atoms with E-state index in [0.717, 1.165) is 24.2 Å². The van der Waals surface area contributed by atoms with Gasteiger partial charge in [0.05, 0.1) is 35.0 Å². The second kappa shape index (κ2) is 7.66. The first-order valence-electron chi connectivity index (χ1n) is 10.1. The van der Waals surface area contributed by atoms with Crippen LogP contribution in [0.25, 0.3) is 11.7 Å². The predicted octanol–water partition coefficient (Wildman–Crippen LogP) is 3.31. The topological polar surface area (TPSA) is 124 Å². The standard InChI is InChI=1S/C22H18ClN7O2/c1-11-19(27-17-5-2-12(9-24)6-16(17)23)29-21-14(7-13-8-18(31)28-22(13)32)10-25-30(21)20(11)26-15-3-4-15/h2,5-7,10,15,26H,3-4,8H2,1H3,(H,27,29)(H,28,31,32)/b13-7+. The third-order valence-electron chi connectivity index (χ3n) is 5.41. The number of halogens is 1. The lowest BCUT2D eigenvalue weighted by atomic mass is 10.1. The van der Waals surface area contributed by atoms with Crippen molar-refractivity contribution < 1.29 is 9.59 Å². The molecule has 1 aliphatic heterocycles. The average Bonchev–Trinajstić information content (AvgIpc) is 3.42. The molecule has 160 valence electrons. The quantitative estimate of drug-likeness (QED) is 0.404. The van der Waals surface area contributed by atoms with Gasteiger partial charge in [-0.2, -0.15) is 14.9 Å². The van der Waals surface area contributed by atoms with Gasteiger partial charge in [0.15, 0.2) is 5.65 Å². The minimum atomic E-state index is -0.402. The number of carbonyl (C=O) groups is 2. The van der Waals surface area contributed by atoms with Gasteiger partial charge in [0.2, 0.25) is 5.91 Å². The molecule has 2 fully saturated rings. The van der Waals surface area contributed by atoms with Gasteiger partial charge in [0, 0.05) is 22.7 Å². The molecule has 0 bridgehead atoms. The lowest BCUT2D eigenvalue weighted by molar-refractivity contribution is -0.124. The maximum absolute atomic E-state index is 12.0. The molecular formula is C22H18ClN7O2. The van der Waals surface area contributed by atoms with Crippen molar-refractivity contribution in [3.8, 4) is 6.07 Å². The van der Waals surface area contributed by atoms with Crippen LogP contribution in [0.15, 0.2) is 30.0 Å². The molecule has 5 rings (SSSR count). The normalized spacial score (nSPS) is 17.0. The zero-order chi connectivity index (χ0) is 22.4. The molecule has 2 aromatic heterocycles. The smallest absolute Gasteiger partial charge is 0.254 e. The van der Waals surface area contributed by atoms with Crippen molar-refractivity contribution in [3.63, 3.8) is 0 Å². The number of carbonyl (C=O) groups excluding carboxylic acids is 2. The Hall–Kier alpha value is -3.90. The molecule has 32 heavy (non-hydrogen) atoms. The summed E-state index contributed by atoms with van der Waals surface area (Å²) in [6.07, 6.45) is 5.45. The van der Waals surface area contributed by atoms with E-state index in [4.69, 9.17) is 21.8 Å². The van der Waals surface area contributed by atoms with Gasteiger partial charge < -0.3 is 10.6 Å². The van der Waals surface area contributed by atoms with Crippen molar-refractivity contribution in [2.45, 2.75) is 32.2 Å². The third kappa shape index (κ3) is 3.65. The molecule has 2 amide bonds. The summed E-state index contributed by atoms with van der Waals surface area (Å²) in [4.78, 5) is 28.3. The van der Waals surface area contributed by atoms with Crippen molar-refractivity contribution in [2.24, 2.45) is 0 Å². The second-order valence-corrected chi connectivity index (χ2v) is 8.25. The number of amides is 2. The number of hydrogen-bond donors (Lipinski definition) is 3. The number of nitriles is 1. The number of rotatable bonds is 5. The van der Waals surface area contributed by atoms with Gasteiger partial charge >= 0.3 is 0 Å². The van der Waals surface area contributed by atoms with Crippen molar-refractivity contribution in [1.29, 1.82) is 5.26 Å². The van der Waals surface area contributed by atoms with Crippen molar-refractivity contribution in [3.05, 3.63) is 51.7 Å². The summed E-state index contributed by atoms with van der Waals surface area (Å²) in [5.74, 6) is 0.636. The fourth-order valence-corrected chi connectivity index (χ4v) is 3.75. The van der Waals surface area contributed by atoms with Crippen LogP contribution in [0.1, 0.15) is 36.0 Å². The summed E-state index contributed by atoms with van der Waals surface area (Å²) in [7, 11) is 0. The van der Waals surface area contributed by atoms with E-state index in [-0.39, 0.29) is 12.3 Å². The van der Waals surface area contributed by atoms with E-state index in [1.54, 1.807) is 35.0 Å². The number of anilines is 3. The van der Waals surface area contributed by atoms with E-state index < -0.39 is 5.91 Å². The Kier molecular flexibility index (Phi) is 4.79. The molecule has 2 aliphatic rings. The van der Waals surface area contributed by atoms with Crippen LogP contribution >= 0.6 is 11.6 Å². The van der Waals surface area contributed by atoms with Crippen LogP contribution in [0, 0.1) is 18.3 Å². The highest BCUT2D eigenvalue weighted by Crippen LogP contribution is 2.34. The molecule has 0 radical (unpaired) electrons. The lowest BCUT2D eigenvalue weighted by Gasteiger charge is -2.16. The van der Waals surface area contributed by atoms with Gasteiger partial charge in [-0.25, -0.2) is 4.98 Å². The highest BCUT2D eigenvalue weighted by Gasteiger charge is 2.27. The second-order valence-electron chi connectivity index (χ2n) is 7.84. The summed E-state index contributed by atoms with van der Waals surface area (Å²) in [6.45, 7) is 1.93. The molecule has 3 heterocycles. The van der Waals surface area contributed by atoms with Crippen LogP contribution in [0.5, 0.6) is 0 Å². The SMILES string of the molecule is Cc1c(Nc2ccc(C#N)cc2Cl)nc2c(/C=C3\CC(=O)NC3=O)cnn2c1NC1CC1. The Morgan fingerprint density at radius 1 is 1.34 bits per heavy atom. The first-order valence-corrected chi connectivity index (χ1v) is 10.5. The van der Waals surface area contributed by atoms with E-state index in [9.17, 15) is 9.59 Å². The Morgan fingerprint density at radius 2 is 2.16 bits per heavy atom. The van der Waals surface area contributed by atoms with Crippen LogP contribution < -0.4 is 16.0 Å². The van der Waals surface area contributed by atoms with E-state index in [1.807, 2.05) is 6.92 Å². The zero-order valence-corrected chi connectivity index (χ0v) is 17.8. The molecule has 1 aliphatic carbocycles. The molecule has 1 aromatic carbocycles. The monoisotopic (exact) mass is 447 g/mol. The molecule has 0 atom stereocenters. The molecule has 1 saturated carbocycles. The number of nitrogens with one attached hydrogen (secondary N) is 3. The van der Waals surface area contributed by atoms with Crippen LogP contribution in [-0.2, 0) is 9.59 Å². The van der Waals surface area contributed by atoms with Gasteiger partial charge in [-0.05, 0) is 44.0 Å². The Balaban J connectivity index is 1.62. The number of fused-ring (bicyclic) bond motifs is 1. The Morgan fingerprint density at radius 3 is 2.81 bits per heavy atom. The molecule has 0 unspecified atom stereocenters. The minimum absolute atomic E-state index is 0.0289. The summed E-state index contributed by atoms with van der Waals surface area (Å²) in [5.41, 5.74) is 3.45.